The number of esters is 1. The van der Waals surface area contributed by atoms with Crippen LogP contribution in [0.1, 0.15) is 135 Å². The average Bonchev–Trinajstić information content (AvgIpc) is 2.97. The Balaban J connectivity index is 1.44. The van der Waals surface area contributed by atoms with Crippen LogP contribution in [0.25, 0.3) is 0 Å². The van der Waals surface area contributed by atoms with Gasteiger partial charge >= 0.3 is 5.97 Å². The van der Waals surface area contributed by atoms with Crippen LogP contribution in [0, 0.1) is 5.92 Å². The SMILES string of the molecule is CCCC1CCC(c2ccc(OCCCCCCOC(=O)c3cc(O[Si](C)(C)C(C)(C)C)cc(O[Si](C)(C)C(C)(C)C)c3)cc2)CC1. The van der Waals surface area contributed by atoms with E-state index < -0.39 is 16.6 Å². The van der Waals surface area contributed by atoms with Gasteiger partial charge in [-0.15, -0.1) is 0 Å². The van der Waals surface area contributed by atoms with Crippen molar-refractivity contribution in [2.24, 2.45) is 5.92 Å². The summed E-state index contributed by atoms with van der Waals surface area (Å²) in [6, 6.07) is 14.4. The number of hydrogen-bond acceptors (Lipinski definition) is 5. The second-order valence-electron chi connectivity index (χ2n) is 16.9. The van der Waals surface area contributed by atoms with E-state index in [0.29, 0.717) is 36.2 Å². The van der Waals surface area contributed by atoms with Gasteiger partial charge in [-0.3, -0.25) is 0 Å². The number of carbonyl (C=O) groups is 1. The van der Waals surface area contributed by atoms with Gasteiger partial charge < -0.3 is 18.3 Å². The third kappa shape index (κ3) is 12.0. The fourth-order valence-electron chi connectivity index (χ4n) is 5.73. The number of unbranched alkanes of at least 4 members (excludes halogenated alkanes) is 3. The van der Waals surface area contributed by atoms with E-state index in [9.17, 15) is 4.79 Å². The molecule has 0 radical (unpaired) electrons. The van der Waals surface area contributed by atoms with Gasteiger partial charge in [-0.1, -0.05) is 73.4 Å². The van der Waals surface area contributed by atoms with Crippen molar-refractivity contribution < 1.29 is 23.1 Å². The maximum Gasteiger partial charge on any atom is 0.338 e. The fourth-order valence-corrected chi connectivity index (χ4v) is 7.75. The molecule has 0 bridgehead atoms. The Morgan fingerprint density at radius 2 is 1.21 bits per heavy atom. The van der Waals surface area contributed by atoms with Gasteiger partial charge in [0, 0.05) is 6.07 Å². The fraction of sp³-hybridized carbons (Fsp3) is 0.675. The third-order valence-corrected chi connectivity index (χ3v) is 19.6. The van der Waals surface area contributed by atoms with Crippen molar-refractivity contribution in [1.82, 2.24) is 0 Å². The van der Waals surface area contributed by atoms with Crippen LogP contribution in [0.3, 0.4) is 0 Å². The molecule has 264 valence electrons. The zero-order valence-corrected chi connectivity index (χ0v) is 33.7. The van der Waals surface area contributed by atoms with Gasteiger partial charge in [0.05, 0.1) is 18.8 Å². The lowest BCUT2D eigenvalue weighted by atomic mass is 9.77. The maximum atomic E-state index is 13.2. The second kappa shape index (κ2) is 16.9. The topological polar surface area (TPSA) is 54.0 Å². The number of hydrogen-bond donors (Lipinski definition) is 0. The number of carbonyl (C=O) groups excluding carboxylic acids is 1. The number of ether oxygens (including phenoxy) is 2. The predicted octanol–water partition coefficient (Wildman–Crippen LogP) is 12.3. The minimum Gasteiger partial charge on any atom is -0.543 e. The molecule has 0 amide bonds. The molecule has 1 aliphatic carbocycles. The average molecular weight is 683 g/mol. The molecule has 2 aromatic rings. The molecule has 3 rings (SSSR count). The number of benzene rings is 2. The second-order valence-corrected chi connectivity index (χ2v) is 26.3. The minimum atomic E-state index is -2.11. The molecule has 1 fully saturated rings. The van der Waals surface area contributed by atoms with E-state index in [-0.39, 0.29) is 16.0 Å². The van der Waals surface area contributed by atoms with Crippen LogP contribution in [-0.2, 0) is 4.74 Å². The molecule has 0 spiro atoms. The molecule has 0 aliphatic heterocycles. The Kier molecular flexibility index (Phi) is 14.1. The highest BCUT2D eigenvalue weighted by molar-refractivity contribution is 6.75. The zero-order chi connectivity index (χ0) is 34.9. The molecule has 1 saturated carbocycles. The van der Waals surface area contributed by atoms with Gasteiger partial charge in [0.25, 0.3) is 0 Å². The molecular weight excluding hydrogens is 617 g/mol. The van der Waals surface area contributed by atoms with Crippen molar-refractivity contribution in [1.29, 1.82) is 0 Å². The minimum absolute atomic E-state index is 0.0342. The van der Waals surface area contributed by atoms with Gasteiger partial charge in [-0.05, 0) is 129 Å². The maximum absolute atomic E-state index is 13.2. The van der Waals surface area contributed by atoms with E-state index in [2.05, 4.69) is 98.9 Å². The Morgan fingerprint density at radius 3 is 1.70 bits per heavy atom. The molecule has 2 aromatic carbocycles. The first kappa shape index (κ1) is 39.2. The van der Waals surface area contributed by atoms with E-state index in [4.69, 9.17) is 18.3 Å². The molecule has 5 nitrogen and oxygen atoms in total. The molecule has 0 N–H and O–H groups in total. The third-order valence-electron chi connectivity index (χ3n) is 10.9. The van der Waals surface area contributed by atoms with Crippen LogP contribution in [0.2, 0.25) is 36.3 Å². The zero-order valence-electron chi connectivity index (χ0n) is 31.7. The lowest BCUT2D eigenvalue weighted by Gasteiger charge is -2.38. The quantitative estimate of drug-likeness (QED) is 0.100. The van der Waals surface area contributed by atoms with Gasteiger partial charge in [0.2, 0.25) is 16.6 Å². The van der Waals surface area contributed by atoms with E-state index in [1.807, 2.05) is 18.2 Å². The molecule has 0 heterocycles. The number of rotatable bonds is 16. The Labute approximate surface area is 289 Å². The summed E-state index contributed by atoms with van der Waals surface area (Å²) in [6.45, 7) is 25.6. The lowest BCUT2D eigenvalue weighted by molar-refractivity contribution is 0.0496. The van der Waals surface area contributed by atoms with Crippen molar-refractivity contribution in [2.45, 2.75) is 155 Å². The van der Waals surface area contributed by atoms with E-state index >= 15 is 0 Å². The summed E-state index contributed by atoms with van der Waals surface area (Å²) in [4.78, 5) is 13.2. The predicted molar refractivity (Wildman–Crippen MR) is 202 cm³/mol. The highest BCUT2D eigenvalue weighted by atomic mass is 28.4. The standard InChI is InChI=1S/C40H66O5Si2/c1-12-17-31-18-20-32(21-19-31)33-22-24-35(25-23-33)42-26-15-13-14-16-27-43-38(41)34-28-36(44-46(8,9)39(2,3)4)30-37(29-34)45-47(10,11)40(5,6)7/h22-25,28-32H,12-21,26-27H2,1-11H3. The molecule has 0 aromatic heterocycles. The first-order valence-electron chi connectivity index (χ1n) is 18.3. The first-order valence-corrected chi connectivity index (χ1v) is 24.2. The molecule has 7 heteroatoms. The van der Waals surface area contributed by atoms with Crippen LogP contribution in [0.4, 0.5) is 0 Å². The smallest absolute Gasteiger partial charge is 0.338 e. The summed E-state index contributed by atoms with van der Waals surface area (Å²) < 4.78 is 25.0. The van der Waals surface area contributed by atoms with Crippen LogP contribution < -0.4 is 13.6 Å². The largest absolute Gasteiger partial charge is 0.543 e. The van der Waals surface area contributed by atoms with Gasteiger partial charge in [-0.2, -0.15) is 0 Å². The monoisotopic (exact) mass is 682 g/mol. The lowest BCUT2D eigenvalue weighted by Crippen LogP contribution is -2.44. The van der Waals surface area contributed by atoms with Crippen LogP contribution in [0.5, 0.6) is 17.2 Å². The van der Waals surface area contributed by atoms with Gasteiger partial charge in [-0.25, -0.2) is 4.79 Å². The summed E-state index contributed by atoms with van der Waals surface area (Å²) in [7, 11) is -4.22. The normalized spacial score (nSPS) is 17.7. The van der Waals surface area contributed by atoms with Crippen LogP contribution >= 0.6 is 0 Å². The molecule has 47 heavy (non-hydrogen) atoms. The summed E-state index contributed by atoms with van der Waals surface area (Å²) in [6.07, 6.45) is 11.9. The molecule has 0 saturated heterocycles. The Hall–Kier alpha value is -2.26. The molecular formula is C40H66O5Si2. The highest BCUT2D eigenvalue weighted by Crippen LogP contribution is 2.41. The highest BCUT2D eigenvalue weighted by Gasteiger charge is 2.41. The first-order chi connectivity index (χ1) is 21.9. The van der Waals surface area contributed by atoms with E-state index in [0.717, 1.165) is 37.4 Å². The van der Waals surface area contributed by atoms with Crippen molar-refractivity contribution in [2.75, 3.05) is 13.2 Å². The van der Waals surface area contributed by atoms with Crippen LogP contribution in [0.15, 0.2) is 42.5 Å². The van der Waals surface area contributed by atoms with E-state index in [1.165, 1.54) is 44.1 Å². The summed E-state index contributed by atoms with van der Waals surface area (Å²) >= 11 is 0. The molecule has 1 aliphatic rings. The Bertz CT molecular complexity index is 1200. The summed E-state index contributed by atoms with van der Waals surface area (Å²) in [5, 5.41) is 0.0685. The van der Waals surface area contributed by atoms with Gasteiger partial charge in [0.15, 0.2) is 0 Å². The van der Waals surface area contributed by atoms with Crippen LogP contribution in [-0.4, -0.2) is 35.8 Å². The van der Waals surface area contributed by atoms with Crippen molar-refractivity contribution in [3.63, 3.8) is 0 Å². The van der Waals surface area contributed by atoms with Crippen molar-refractivity contribution in [3.05, 3.63) is 53.6 Å². The van der Waals surface area contributed by atoms with Crippen molar-refractivity contribution in [3.8, 4) is 17.2 Å². The summed E-state index contributed by atoms with van der Waals surface area (Å²) in [5.41, 5.74) is 1.95. The molecule has 0 unspecified atom stereocenters. The van der Waals surface area contributed by atoms with E-state index in [1.54, 1.807) is 0 Å². The molecule has 0 atom stereocenters. The summed E-state index contributed by atoms with van der Waals surface area (Å²) in [5.74, 6) is 3.65. The Morgan fingerprint density at radius 1 is 0.702 bits per heavy atom. The van der Waals surface area contributed by atoms with Gasteiger partial charge in [0.1, 0.15) is 17.2 Å². The van der Waals surface area contributed by atoms with Crippen molar-refractivity contribution >= 4 is 22.6 Å².